The second-order valence-corrected chi connectivity index (χ2v) is 5.11. The van der Waals surface area contributed by atoms with Crippen LogP contribution in [0.1, 0.15) is 20.8 Å². The van der Waals surface area contributed by atoms with E-state index in [-0.39, 0.29) is 5.97 Å². The van der Waals surface area contributed by atoms with Crippen LogP contribution in [0.2, 0.25) is 0 Å². The van der Waals surface area contributed by atoms with E-state index in [2.05, 4.69) is 17.9 Å². The van der Waals surface area contributed by atoms with Gasteiger partial charge in [0.1, 0.15) is 11.6 Å². The zero-order valence-electron chi connectivity index (χ0n) is 9.82. The van der Waals surface area contributed by atoms with Gasteiger partial charge in [0.2, 0.25) is 0 Å². The number of ether oxygens (including phenoxy) is 1. The first-order valence-electron chi connectivity index (χ1n) is 5.24. The molecule has 1 atom stereocenters. The average Bonchev–Trinajstić information content (AvgIpc) is 2.15. The maximum atomic E-state index is 11.8. The molecule has 1 saturated heterocycles. The summed E-state index contributed by atoms with van der Waals surface area (Å²) in [6.07, 6.45) is 0. The van der Waals surface area contributed by atoms with E-state index in [1.165, 1.54) is 4.90 Å². The SMILES string of the molecule is CC(C)(C)OC(=O)C1CNCCN1C(=O)S. The van der Waals surface area contributed by atoms with Gasteiger partial charge < -0.3 is 15.0 Å². The number of esters is 1. The smallest absolute Gasteiger partial charge is 0.330 e. The topological polar surface area (TPSA) is 58.6 Å². The number of hydrogen-bond donors (Lipinski definition) is 2. The predicted octanol–water partition coefficient (Wildman–Crippen LogP) is 0.652. The Balaban J connectivity index is 2.68. The van der Waals surface area contributed by atoms with E-state index >= 15 is 0 Å². The molecule has 0 aromatic rings. The number of nitrogens with zero attached hydrogens (tertiary/aromatic N) is 1. The lowest BCUT2D eigenvalue weighted by Crippen LogP contribution is -2.57. The van der Waals surface area contributed by atoms with Crippen molar-refractivity contribution in [2.45, 2.75) is 32.4 Å². The molecule has 0 aliphatic carbocycles. The van der Waals surface area contributed by atoms with Gasteiger partial charge in [-0.2, -0.15) is 0 Å². The summed E-state index contributed by atoms with van der Waals surface area (Å²) in [5, 5.41) is 2.67. The molecule has 0 aromatic carbocycles. The highest BCUT2D eigenvalue weighted by molar-refractivity contribution is 7.96. The van der Waals surface area contributed by atoms with Crippen molar-refractivity contribution in [1.29, 1.82) is 0 Å². The van der Waals surface area contributed by atoms with E-state index in [1.807, 2.05) is 0 Å². The molecule has 1 heterocycles. The van der Waals surface area contributed by atoms with Crippen LogP contribution in [0.5, 0.6) is 0 Å². The summed E-state index contributed by atoms with van der Waals surface area (Å²) < 4.78 is 5.25. The van der Waals surface area contributed by atoms with Crippen molar-refractivity contribution in [3.05, 3.63) is 0 Å². The largest absolute Gasteiger partial charge is 0.458 e. The summed E-state index contributed by atoms with van der Waals surface area (Å²) in [5.74, 6) is -0.387. The van der Waals surface area contributed by atoms with Crippen LogP contribution in [0, 0.1) is 0 Å². The van der Waals surface area contributed by atoms with Crippen molar-refractivity contribution in [3.8, 4) is 0 Å². The van der Waals surface area contributed by atoms with E-state index in [0.717, 1.165) is 0 Å². The van der Waals surface area contributed by atoms with Crippen LogP contribution in [-0.2, 0) is 9.53 Å². The van der Waals surface area contributed by atoms with Crippen LogP contribution in [0.4, 0.5) is 4.79 Å². The Labute approximate surface area is 101 Å². The van der Waals surface area contributed by atoms with Crippen LogP contribution < -0.4 is 5.32 Å². The van der Waals surface area contributed by atoms with Crippen LogP contribution in [0.25, 0.3) is 0 Å². The van der Waals surface area contributed by atoms with Crippen LogP contribution in [0.3, 0.4) is 0 Å². The summed E-state index contributed by atoms with van der Waals surface area (Å²) in [5.41, 5.74) is -0.542. The molecule has 6 heteroatoms. The fraction of sp³-hybridized carbons (Fsp3) is 0.800. The van der Waals surface area contributed by atoms with Gasteiger partial charge in [-0.15, -0.1) is 0 Å². The number of rotatable bonds is 1. The van der Waals surface area contributed by atoms with Crippen LogP contribution >= 0.6 is 12.6 Å². The van der Waals surface area contributed by atoms with Crippen molar-refractivity contribution in [2.24, 2.45) is 0 Å². The van der Waals surface area contributed by atoms with Crippen molar-refractivity contribution >= 4 is 23.8 Å². The lowest BCUT2D eigenvalue weighted by molar-refractivity contribution is -0.160. The minimum Gasteiger partial charge on any atom is -0.458 e. The third kappa shape index (κ3) is 3.68. The molecule has 0 saturated carbocycles. The summed E-state index contributed by atoms with van der Waals surface area (Å²) in [4.78, 5) is 24.5. The van der Waals surface area contributed by atoms with Gasteiger partial charge in [-0.1, -0.05) is 12.6 Å². The maximum Gasteiger partial charge on any atom is 0.330 e. The van der Waals surface area contributed by atoms with Crippen LogP contribution in [0.15, 0.2) is 0 Å². The van der Waals surface area contributed by atoms with Crippen molar-refractivity contribution in [2.75, 3.05) is 19.6 Å². The Hall–Kier alpha value is -0.750. The molecule has 16 heavy (non-hydrogen) atoms. The standard InChI is InChI=1S/C10H18N2O3S/c1-10(2,3)15-8(13)7-6-11-4-5-12(7)9(14)16/h7,11H,4-6H2,1-3H3,(H,14,16). The Morgan fingerprint density at radius 2 is 2.06 bits per heavy atom. The quantitative estimate of drug-likeness (QED) is 0.527. The fourth-order valence-corrected chi connectivity index (χ4v) is 1.75. The summed E-state index contributed by atoms with van der Waals surface area (Å²) >= 11 is 3.76. The van der Waals surface area contributed by atoms with Crippen molar-refractivity contribution in [3.63, 3.8) is 0 Å². The predicted molar refractivity (Wildman–Crippen MR) is 63.6 cm³/mol. The fourth-order valence-electron chi connectivity index (χ4n) is 1.51. The first-order valence-corrected chi connectivity index (χ1v) is 5.69. The molecule has 1 rings (SSSR count). The molecular formula is C10H18N2O3S. The minimum atomic E-state index is -0.571. The Kier molecular flexibility index (Phi) is 4.21. The monoisotopic (exact) mass is 246 g/mol. The minimum absolute atomic E-state index is 0.387. The highest BCUT2D eigenvalue weighted by Gasteiger charge is 2.33. The second-order valence-electron chi connectivity index (χ2n) is 4.73. The highest BCUT2D eigenvalue weighted by Crippen LogP contribution is 2.14. The maximum absolute atomic E-state index is 11.8. The van der Waals surface area contributed by atoms with E-state index in [4.69, 9.17) is 4.74 Å². The Morgan fingerprint density at radius 1 is 1.44 bits per heavy atom. The highest BCUT2D eigenvalue weighted by atomic mass is 32.1. The van der Waals surface area contributed by atoms with Crippen molar-refractivity contribution in [1.82, 2.24) is 10.2 Å². The number of nitrogens with one attached hydrogen (secondary N) is 1. The average molecular weight is 246 g/mol. The van der Waals surface area contributed by atoms with Gasteiger partial charge in [0.05, 0.1) is 0 Å². The summed E-state index contributed by atoms with van der Waals surface area (Å²) in [6, 6.07) is -0.571. The van der Waals surface area contributed by atoms with E-state index in [1.54, 1.807) is 20.8 Å². The molecule has 1 N–H and O–H groups in total. The molecular weight excluding hydrogens is 228 g/mol. The zero-order valence-corrected chi connectivity index (χ0v) is 10.7. The number of amides is 1. The number of carbonyl (C=O) groups excluding carboxylic acids is 2. The number of hydrogen-bond acceptors (Lipinski definition) is 4. The van der Waals surface area contributed by atoms with Crippen molar-refractivity contribution < 1.29 is 14.3 Å². The third-order valence-electron chi connectivity index (χ3n) is 2.17. The first kappa shape index (κ1) is 13.3. The molecule has 1 fully saturated rings. The molecule has 1 aliphatic heterocycles. The summed E-state index contributed by atoms with van der Waals surface area (Å²) in [6.45, 7) is 6.97. The number of piperazine rings is 1. The molecule has 0 aromatic heterocycles. The molecule has 0 bridgehead atoms. The zero-order chi connectivity index (χ0) is 12.3. The lowest BCUT2D eigenvalue weighted by atomic mass is 10.1. The molecule has 92 valence electrons. The van der Waals surface area contributed by atoms with Crippen LogP contribution in [-0.4, -0.2) is 47.4 Å². The molecule has 1 aliphatic rings. The third-order valence-corrected chi connectivity index (χ3v) is 2.42. The summed E-state index contributed by atoms with van der Waals surface area (Å²) in [7, 11) is 0. The van der Waals surface area contributed by atoms with Gasteiger partial charge in [-0.3, -0.25) is 4.79 Å². The van der Waals surface area contributed by atoms with Gasteiger partial charge in [-0.25, -0.2) is 4.79 Å². The number of thiol groups is 1. The molecule has 5 nitrogen and oxygen atoms in total. The van der Waals surface area contributed by atoms with E-state index in [9.17, 15) is 9.59 Å². The van der Waals surface area contributed by atoms with Gasteiger partial charge >= 0.3 is 5.97 Å². The normalized spacial score (nSPS) is 21.8. The molecule has 1 unspecified atom stereocenters. The number of carbonyl (C=O) groups is 2. The first-order chi connectivity index (χ1) is 7.31. The van der Waals surface area contributed by atoms with Gasteiger partial charge in [0.25, 0.3) is 5.24 Å². The Bertz CT molecular complexity index is 288. The Morgan fingerprint density at radius 3 is 2.56 bits per heavy atom. The van der Waals surface area contributed by atoms with E-state index in [0.29, 0.717) is 19.6 Å². The van der Waals surface area contributed by atoms with E-state index < -0.39 is 16.9 Å². The second kappa shape index (κ2) is 5.05. The molecule has 1 amide bonds. The van der Waals surface area contributed by atoms with Gasteiger partial charge in [-0.05, 0) is 20.8 Å². The molecule has 0 spiro atoms. The molecule has 0 radical (unpaired) electrons. The van der Waals surface area contributed by atoms with Gasteiger partial charge in [0, 0.05) is 19.6 Å². The van der Waals surface area contributed by atoms with Gasteiger partial charge in [0.15, 0.2) is 0 Å². The lowest BCUT2D eigenvalue weighted by Gasteiger charge is -2.34.